The van der Waals surface area contributed by atoms with Gasteiger partial charge in [0.05, 0.1) is 12.1 Å². The molecule has 4 aromatic rings. The lowest BCUT2D eigenvalue weighted by Gasteiger charge is -2.33. The Morgan fingerprint density at radius 2 is 1.97 bits per heavy atom. The van der Waals surface area contributed by atoms with Crippen molar-refractivity contribution in [1.82, 2.24) is 14.1 Å². The molecule has 0 unspecified atom stereocenters. The maximum absolute atomic E-state index is 13.8. The first-order chi connectivity index (χ1) is 18.3. The van der Waals surface area contributed by atoms with Crippen LogP contribution in [0.15, 0.2) is 53.3 Å². The van der Waals surface area contributed by atoms with Crippen LogP contribution in [-0.4, -0.2) is 39.2 Å². The van der Waals surface area contributed by atoms with Gasteiger partial charge in [-0.1, -0.05) is 41.9 Å². The molecule has 3 heterocycles. The molecule has 194 valence electrons. The third-order valence-electron chi connectivity index (χ3n) is 6.72. The third-order valence-corrected chi connectivity index (χ3v) is 7.09. The topological polar surface area (TPSA) is 145 Å². The Balaban J connectivity index is 1.75. The van der Waals surface area contributed by atoms with Crippen LogP contribution in [0, 0.1) is 11.3 Å². The molecule has 1 amide bonds. The highest BCUT2D eigenvalue weighted by Crippen LogP contribution is 2.35. The standard InChI is InChI=1S/C27H26ClN7O3/c1-33-26(37)23-22(32-27(33)38-21-11-5-3-9-18(21)24(31)36)19(13-29)25(34-12-6-8-17(30)15-34)35(23)14-16-7-2-4-10-20(16)28/h2-5,7,9-11,17H,6,8,12,14-15,30H2,1H3,(H2,31,36)/t17-/m1/s1. The van der Waals surface area contributed by atoms with Gasteiger partial charge in [-0.3, -0.25) is 14.2 Å². The van der Waals surface area contributed by atoms with Crippen LogP contribution in [0.1, 0.15) is 34.3 Å². The Hall–Kier alpha value is -4.33. The number of benzene rings is 2. The van der Waals surface area contributed by atoms with E-state index in [-0.39, 0.29) is 46.5 Å². The molecule has 1 aliphatic rings. The van der Waals surface area contributed by atoms with Crippen molar-refractivity contribution in [2.24, 2.45) is 18.5 Å². The maximum Gasteiger partial charge on any atom is 0.305 e. The van der Waals surface area contributed by atoms with Gasteiger partial charge < -0.3 is 25.7 Å². The van der Waals surface area contributed by atoms with Crippen LogP contribution in [-0.2, 0) is 13.6 Å². The van der Waals surface area contributed by atoms with Crippen molar-refractivity contribution in [3.05, 3.63) is 80.6 Å². The molecule has 38 heavy (non-hydrogen) atoms. The highest BCUT2D eigenvalue weighted by molar-refractivity contribution is 6.31. The van der Waals surface area contributed by atoms with Crippen molar-refractivity contribution in [2.75, 3.05) is 18.0 Å². The molecule has 10 nitrogen and oxygen atoms in total. The number of hydrogen-bond donors (Lipinski definition) is 2. The second-order valence-corrected chi connectivity index (χ2v) is 9.66. The minimum absolute atomic E-state index is 0.0675. The molecule has 11 heteroatoms. The van der Waals surface area contributed by atoms with Crippen molar-refractivity contribution < 1.29 is 9.53 Å². The monoisotopic (exact) mass is 531 g/mol. The summed E-state index contributed by atoms with van der Waals surface area (Å²) in [5.74, 6) is 0.0361. The normalized spacial score (nSPS) is 15.4. The number of carbonyl (C=O) groups is 1. The van der Waals surface area contributed by atoms with Gasteiger partial charge in [0, 0.05) is 31.2 Å². The van der Waals surface area contributed by atoms with Gasteiger partial charge in [0.2, 0.25) is 0 Å². The average Bonchev–Trinajstić information content (AvgIpc) is 3.21. The minimum Gasteiger partial charge on any atom is -0.425 e. The van der Waals surface area contributed by atoms with Crippen molar-refractivity contribution in [2.45, 2.75) is 25.4 Å². The molecular weight excluding hydrogens is 506 g/mol. The summed E-state index contributed by atoms with van der Waals surface area (Å²) >= 11 is 6.49. The lowest BCUT2D eigenvalue weighted by Crippen LogP contribution is -2.44. The quantitative estimate of drug-likeness (QED) is 0.388. The van der Waals surface area contributed by atoms with Crippen LogP contribution >= 0.6 is 11.6 Å². The molecule has 0 aliphatic carbocycles. The van der Waals surface area contributed by atoms with Crippen LogP contribution in [0.4, 0.5) is 5.82 Å². The highest BCUT2D eigenvalue weighted by Gasteiger charge is 2.30. The van der Waals surface area contributed by atoms with Crippen LogP contribution in [0.3, 0.4) is 0 Å². The van der Waals surface area contributed by atoms with E-state index in [4.69, 9.17) is 27.8 Å². The van der Waals surface area contributed by atoms with E-state index in [1.807, 2.05) is 23.1 Å². The van der Waals surface area contributed by atoms with Gasteiger partial charge >= 0.3 is 6.01 Å². The second-order valence-electron chi connectivity index (χ2n) is 9.25. The summed E-state index contributed by atoms with van der Waals surface area (Å²) < 4.78 is 8.96. The average molecular weight is 532 g/mol. The maximum atomic E-state index is 13.8. The first-order valence-electron chi connectivity index (χ1n) is 12.1. The van der Waals surface area contributed by atoms with E-state index in [1.54, 1.807) is 28.8 Å². The van der Waals surface area contributed by atoms with E-state index in [9.17, 15) is 14.9 Å². The fraction of sp³-hybridized carbons (Fsp3) is 0.259. The van der Waals surface area contributed by atoms with Gasteiger partial charge in [-0.25, -0.2) is 0 Å². The lowest BCUT2D eigenvalue weighted by molar-refractivity contribution is 0.0998. The van der Waals surface area contributed by atoms with E-state index < -0.39 is 11.5 Å². The number of piperidine rings is 1. The summed E-state index contributed by atoms with van der Waals surface area (Å²) in [6.07, 6.45) is 1.73. The molecule has 1 saturated heterocycles. The second kappa shape index (κ2) is 10.2. The molecule has 2 aromatic carbocycles. The number of amides is 1. The molecule has 0 bridgehead atoms. The Morgan fingerprint density at radius 1 is 1.24 bits per heavy atom. The zero-order chi connectivity index (χ0) is 27.0. The molecule has 0 radical (unpaired) electrons. The SMILES string of the molecule is Cn1c(Oc2ccccc2C(N)=O)nc2c(C#N)c(N3CCC[C@@H](N)C3)n(Cc3ccccc3Cl)c2c1=O. The number of hydrogen-bond acceptors (Lipinski definition) is 7. The number of ether oxygens (including phenoxy) is 1. The number of anilines is 1. The van der Waals surface area contributed by atoms with E-state index in [2.05, 4.69) is 11.1 Å². The number of aromatic nitrogens is 3. The predicted molar refractivity (Wildman–Crippen MR) is 145 cm³/mol. The number of para-hydroxylation sites is 1. The van der Waals surface area contributed by atoms with Crippen molar-refractivity contribution in [1.29, 1.82) is 5.26 Å². The summed E-state index contributed by atoms with van der Waals surface area (Å²) in [7, 11) is 1.52. The van der Waals surface area contributed by atoms with Crippen molar-refractivity contribution >= 4 is 34.4 Å². The van der Waals surface area contributed by atoms with Gasteiger partial charge in [0.25, 0.3) is 11.5 Å². The summed E-state index contributed by atoms with van der Waals surface area (Å²) in [4.78, 5) is 32.4. The molecule has 1 fully saturated rings. The summed E-state index contributed by atoms with van der Waals surface area (Å²) in [6, 6.07) is 15.9. The van der Waals surface area contributed by atoms with Gasteiger partial charge in [-0.15, -0.1) is 0 Å². The smallest absolute Gasteiger partial charge is 0.305 e. The zero-order valence-electron chi connectivity index (χ0n) is 20.7. The Bertz CT molecular complexity index is 1650. The highest BCUT2D eigenvalue weighted by atomic mass is 35.5. The van der Waals surface area contributed by atoms with Crippen molar-refractivity contribution in [3.8, 4) is 17.8 Å². The number of rotatable bonds is 6. The van der Waals surface area contributed by atoms with Gasteiger partial charge in [-0.05, 0) is 36.6 Å². The molecule has 5 rings (SSSR count). The molecule has 1 atom stereocenters. The van der Waals surface area contributed by atoms with Crippen LogP contribution in [0.25, 0.3) is 11.0 Å². The van der Waals surface area contributed by atoms with E-state index in [1.165, 1.54) is 17.7 Å². The fourth-order valence-corrected chi connectivity index (χ4v) is 5.06. The zero-order valence-corrected chi connectivity index (χ0v) is 21.5. The molecule has 0 saturated carbocycles. The molecule has 0 spiro atoms. The number of carbonyl (C=O) groups excluding carboxylic acids is 1. The molecular formula is C27H26ClN7O3. The predicted octanol–water partition coefficient (Wildman–Crippen LogP) is 3.13. The van der Waals surface area contributed by atoms with E-state index in [0.717, 1.165) is 18.4 Å². The Kier molecular flexibility index (Phi) is 6.80. The number of primary amides is 1. The number of nitriles is 1. The first kappa shape index (κ1) is 25.3. The summed E-state index contributed by atoms with van der Waals surface area (Å²) in [6.45, 7) is 1.46. The van der Waals surface area contributed by atoms with Crippen LogP contribution in [0.5, 0.6) is 11.8 Å². The third kappa shape index (κ3) is 4.47. The first-order valence-corrected chi connectivity index (χ1v) is 12.5. The number of fused-ring (bicyclic) bond motifs is 1. The minimum atomic E-state index is -0.681. The summed E-state index contributed by atoms with van der Waals surface area (Å²) in [5, 5.41) is 10.9. The van der Waals surface area contributed by atoms with Crippen LogP contribution < -0.4 is 26.7 Å². The summed E-state index contributed by atoms with van der Waals surface area (Å²) in [5.41, 5.74) is 13.0. The molecule has 4 N–H and O–H groups in total. The fourth-order valence-electron chi connectivity index (χ4n) is 4.87. The largest absolute Gasteiger partial charge is 0.425 e. The van der Waals surface area contributed by atoms with Crippen molar-refractivity contribution in [3.63, 3.8) is 0 Å². The molecule has 1 aliphatic heterocycles. The lowest BCUT2D eigenvalue weighted by atomic mass is 10.1. The number of halogens is 1. The van der Waals surface area contributed by atoms with E-state index in [0.29, 0.717) is 23.9 Å². The number of nitrogens with two attached hydrogens (primary N) is 2. The van der Waals surface area contributed by atoms with Crippen LogP contribution in [0.2, 0.25) is 5.02 Å². The Labute approximate surface area is 223 Å². The van der Waals surface area contributed by atoms with Gasteiger partial charge in [-0.2, -0.15) is 10.2 Å². The van der Waals surface area contributed by atoms with E-state index >= 15 is 0 Å². The Morgan fingerprint density at radius 3 is 2.68 bits per heavy atom. The molecule has 2 aromatic heterocycles. The number of nitrogens with zero attached hydrogens (tertiary/aromatic N) is 5. The van der Waals surface area contributed by atoms with Gasteiger partial charge in [0.1, 0.15) is 34.2 Å². The van der Waals surface area contributed by atoms with Gasteiger partial charge in [0.15, 0.2) is 0 Å².